The van der Waals surface area contributed by atoms with Gasteiger partial charge < -0.3 is 4.90 Å². The molecule has 0 spiro atoms. The van der Waals surface area contributed by atoms with E-state index in [4.69, 9.17) is 0 Å². The first-order valence-electron chi connectivity index (χ1n) is 4.36. The normalized spacial score (nSPS) is 11.9. The Labute approximate surface area is 86.3 Å². The Kier molecular flexibility index (Phi) is 5.10. The van der Waals surface area contributed by atoms with Gasteiger partial charge in [-0.15, -0.1) is 0 Å². The molecular weight excluding hydrogens is 211 g/mol. The summed E-state index contributed by atoms with van der Waals surface area (Å²) in [6, 6.07) is -0.794. The molecule has 0 bridgehead atoms. The highest BCUT2D eigenvalue weighted by Crippen LogP contribution is 2.16. The van der Waals surface area contributed by atoms with E-state index in [1.807, 2.05) is 0 Å². The summed E-state index contributed by atoms with van der Waals surface area (Å²) in [6.45, 7) is 0.527. The van der Waals surface area contributed by atoms with Gasteiger partial charge in [0.25, 0.3) is 0 Å². The van der Waals surface area contributed by atoms with Gasteiger partial charge in [-0.1, -0.05) is 6.92 Å². The number of carbonyl (C=O) groups excluding carboxylic acids is 1. The summed E-state index contributed by atoms with van der Waals surface area (Å²) in [5.74, 6) is 0. The minimum atomic E-state index is -4.39. The molecule has 0 heterocycles. The van der Waals surface area contributed by atoms with Gasteiger partial charge in [-0.2, -0.15) is 18.3 Å². The monoisotopic (exact) mass is 225 g/mol. The molecule has 0 aliphatic rings. The fraction of sp³-hybridized carbons (Fsp3) is 0.750. The van der Waals surface area contributed by atoms with Crippen LogP contribution in [0.2, 0.25) is 0 Å². The predicted molar refractivity (Wildman–Crippen MR) is 50.6 cm³/mol. The summed E-state index contributed by atoms with van der Waals surface area (Å²) < 4.78 is 35.8. The van der Waals surface area contributed by atoms with Gasteiger partial charge in [-0.3, -0.25) is 0 Å². The highest BCUT2D eigenvalue weighted by Gasteiger charge is 2.32. The molecule has 0 aromatic rings. The molecular formula is C8H14F3N3O. The molecule has 0 aromatic heterocycles. The van der Waals surface area contributed by atoms with Gasteiger partial charge >= 0.3 is 12.2 Å². The summed E-state index contributed by atoms with van der Waals surface area (Å²) >= 11 is 0. The van der Waals surface area contributed by atoms with Gasteiger partial charge in [-0.25, -0.2) is 9.80 Å². The lowest BCUT2D eigenvalue weighted by atomic mass is 10.5. The van der Waals surface area contributed by atoms with Crippen LogP contribution in [0.25, 0.3) is 0 Å². The van der Waals surface area contributed by atoms with Gasteiger partial charge in [0.2, 0.25) is 0 Å². The van der Waals surface area contributed by atoms with Crippen molar-refractivity contribution in [2.24, 2.45) is 5.10 Å². The zero-order chi connectivity index (χ0) is 12.1. The number of alkyl halides is 3. The first-order chi connectivity index (χ1) is 6.78. The lowest BCUT2D eigenvalue weighted by Crippen LogP contribution is -2.41. The van der Waals surface area contributed by atoms with Crippen LogP contribution in [0, 0.1) is 0 Å². The van der Waals surface area contributed by atoms with Crippen molar-refractivity contribution in [3.63, 3.8) is 0 Å². The largest absolute Gasteiger partial charge is 0.406 e. The van der Waals surface area contributed by atoms with Crippen LogP contribution in [0.15, 0.2) is 5.10 Å². The minimum Gasteiger partial charge on any atom is -0.317 e. The van der Waals surface area contributed by atoms with Crippen molar-refractivity contribution in [3.8, 4) is 0 Å². The Balaban J connectivity index is 4.26. The lowest BCUT2D eigenvalue weighted by Gasteiger charge is -2.22. The topological polar surface area (TPSA) is 35.9 Å². The van der Waals surface area contributed by atoms with E-state index in [0.29, 0.717) is 11.3 Å². The van der Waals surface area contributed by atoms with Crippen LogP contribution < -0.4 is 0 Å². The summed E-state index contributed by atoms with van der Waals surface area (Å²) in [7, 11) is 2.38. The summed E-state index contributed by atoms with van der Waals surface area (Å²) in [4.78, 5) is 11.8. The van der Waals surface area contributed by atoms with Crippen molar-refractivity contribution in [1.82, 2.24) is 9.91 Å². The number of urea groups is 1. The van der Waals surface area contributed by atoms with Crippen LogP contribution in [0.4, 0.5) is 18.0 Å². The van der Waals surface area contributed by atoms with E-state index in [1.165, 1.54) is 13.3 Å². The highest BCUT2D eigenvalue weighted by atomic mass is 19.4. The predicted octanol–water partition coefficient (Wildman–Crippen LogP) is 1.93. The quantitative estimate of drug-likeness (QED) is 0.534. The van der Waals surface area contributed by atoms with Gasteiger partial charge in [0.05, 0.1) is 0 Å². The second kappa shape index (κ2) is 5.57. The van der Waals surface area contributed by atoms with Gasteiger partial charge in [-0.05, 0) is 6.42 Å². The third-order valence-corrected chi connectivity index (χ3v) is 1.46. The Morgan fingerprint density at radius 2 is 1.93 bits per heavy atom. The number of rotatable bonds is 3. The van der Waals surface area contributed by atoms with Crippen molar-refractivity contribution in [3.05, 3.63) is 0 Å². The zero-order valence-electron chi connectivity index (χ0n) is 8.88. The van der Waals surface area contributed by atoms with E-state index >= 15 is 0 Å². The molecule has 0 aliphatic carbocycles. The Morgan fingerprint density at radius 1 is 1.40 bits per heavy atom. The number of hydrogen-bond donors (Lipinski definition) is 0. The number of carbonyl (C=O) groups is 1. The molecule has 0 unspecified atom stereocenters. The molecule has 0 rings (SSSR count). The Morgan fingerprint density at radius 3 is 2.33 bits per heavy atom. The van der Waals surface area contributed by atoms with Crippen molar-refractivity contribution >= 4 is 12.2 Å². The third-order valence-electron chi connectivity index (χ3n) is 1.46. The Hall–Kier alpha value is -1.27. The number of amides is 2. The van der Waals surface area contributed by atoms with Gasteiger partial charge in [0.15, 0.2) is 0 Å². The minimum absolute atomic E-state index is 0.562. The average Bonchev–Trinajstić information content (AvgIpc) is 2.10. The molecule has 0 N–H and O–H groups in total. The molecule has 88 valence electrons. The maximum Gasteiger partial charge on any atom is 0.406 e. The van der Waals surface area contributed by atoms with Crippen LogP contribution in [-0.4, -0.2) is 49.0 Å². The van der Waals surface area contributed by atoms with E-state index in [9.17, 15) is 18.0 Å². The molecule has 15 heavy (non-hydrogen) atoms. The van der Waals surface area contributed by atoms with Crippen molar-refractivity contribution in [2.45, 2.75) is 19.5 Å². The number of hydrogen-bond acceptors (Lipinski definition) is 2. The van der Waals surface area contributed by atoms with Crippen LogP contribution in [0.3, 0.4) is 0 Å². The van der Waals surface area contributed by atoms with E-state index in [1.54, 1.807) is 6.92 Å². The highest BCUT2D eigenvalue weighted by molar-refractivity contribution is 5.74. The number of nitrogens with zero attached hydrogens (tertiary/aromatic N) is 3. The summed E-state index contributed by atoms with van der Waals surface area (Å²) in [5, 5.41) is 4.51. The molecule has 7 heteroatoms. The smallest absolute Gasteiger partial charge is 0.317 e. The zero-order valence-corrected chi connectivity index (χ0v) is 8.88. The standard InChI is InChI=1S/C8H14F3N3O/c1-4-5-12-14(3)7(15)13(2)6-8(9,10)11/h5H,4,6H2,1-3H3/b12-5+. The van der Waals surface area contributed by atoms with E-state index in [2.05, 4.69) is 5.10 Å². The molecule has 4 nitrogen and oxygen atoms in total. The fourth-order valence-corrected chi connectivity index (χ4v) is 0.837. The first kappa shape index (κ1) is 13.7. The van der Waals surface area contributed by atoms with E-state index < -0.39 is 18.8 Å². The van der Waals surface area contributed by atoms with E-state index in [-0.39, 0.29) is 0 Å². The molecule has 0 fully saturated rings. The molecule has 0 saturated heterocycles. The lowest BCUT2D eigenvalue weighted by molar-refractivity contribution is -0.138. The number of hydrazone groups is 1. The third kappa shape index (κ3) is 5.92. The molecule has 0 atom stereocenters. The average molecular weight is 225 g/mol. The van der Waals surface area contributed by atoms with Crippen LogP contribution in [0.5, 0.6) is 0 Å². The van der Waals surface area contributed by atoms with Crippen molar-refractivity contribution < 1.29 is 18.0 Å². The second-order valence-electron chi connectivity index (χ2n) is 2.98. The molecule has 0 aromatic carbocycles. The summed E-state index contributed by atoms with van der Waals surface area (Å²) in [5.41, 5.74) is 0. The fourth-order valence-electron chi connectivity index (χ4n) is 0.837. The SMILES string of the molecule is CC/C=N/N(C)C(=O)N(C)CC(F)(F)F. The van der Waals surface area contributed by atoms with Gasteiger partial charge in [0, 0.05) is 20.3 Å². The molecule has 0 radical (unpaired) electrons. The van der Waals surface area contributed by atoms with Crippen LogP contribution in [-0.2, 0) is 0 Å². The number of halogens is 3. The van der Waals surface area contributed by atoms with Crippen molar-refractivity contribution in [2.75, 3.05) is 20.6 Å². The second-order valence-corrected chi connectivity index (χ2v) is 2.98. The summed E-state index contributed by atoms with van der Waals surface area (Å²) in [6.07, 6.45) is -2.33. The Bertz CT molecular complexity index is 240. The molecule has 2 amide bonds. The van der Waals surface area contributed by atoms with E-state index in [0.717, 1.165) is 12.1 Å². The molecule has 0 saturated carbocycles. The molecule has 0 aliphatic heterocycles. The van der Waals surface area contributed by atoms with Crippen LogP contribution in [0.1, 0.15) is 13.3 Å². The van der Waals surface area contributed by atoms with Gasteiger partial charge in [0.1, 0.15) is 6.54 Å². The van der Waals surface area contributed by atoms with Crippen LogP contribution >= 0.6 is 0 Å². The van der Waals surface area contributed by atoms with Crippen molar-refractivity contribution in [1.29, 1.82) is 0 Å². The maximum absolute atomic E-state index is 11.9. The maximum atomic E-state index is 11.9. The first-order valence-corrected chi connectivity index (χ1v) is 4.36.